The molecular formula is C13H13N3O3. The highest BCUT2D eigenvalue weighted by atomic mass is 16.5. The van der Waals surface area contributed by atoms with Gasteiger partial charge in [-0.25, -0.2) is 4.79 Å². The molecule has 0 fully saturated rings. The zero-order valence-corrected chi connectivity index (χ0v) is 10.1. The summed E-state index contributed by atoms with van der Waals surface area (Å²) in [5.74, 6) is -0.0853. The van der Waals surface area contributed by atoms with E-state index >= 15 is 0 Å². The number of ether oxygens (including phenoxy) is 1. The number of nitrogens with one attached hydrogen (secondary N) is 1. The molecule has 0 aliphatic rings. The average molecular weight is 259 g/mol. The summed E-state index contributed by atoms with van der Waals surface area (Å²) >= 11 is 0. The van der Waals surface area contributed by atoms with Gasteiger partial charge < -0.3 is 16.2 Å². The largest absolute Gasteiger partial charge is 0.483 e. The molecule has 3 amide bonds. The molecule has 0 aromatic heterocycles. The number of nitrogens with two attached hydrogens (primary N) is 2. The van der Waals surface area contributed by atoms with Crippen molar-refractivity contribution in [2.45, 2.75) is 0 Å². The van der Waals surface area contributed by atoms with Crippen LogP contribution in [0.2, 0.25) is 0 Å². The molecule has 0 bridgehead atoms. The maximum absolute atomic E-state index is 11.3. The van der Waals surface area contributed by atoms with Gasteiger partial charge in [-0.3, -0.25) is 10.1 Å². The first-order chi connectivity index (χ1) is 9.08. The van der Waals surface area contributed by atoms with Crippen molar-refractivity contribution in [2.24, 2.45) is 5.73 Å². The van der Waals surface area contributed by atoms with Crippen molar-refractivity contribution in [1.29, 1.82) is 0 Å². The highest BCUT2D eigenvalue weighted by Crippen LogP contribution is 2.29. The highest BCUT2D eigenvalue weighted by Gasteiger charge is 2.08. The van der Waals surface area contributed by atoms with Crippen molar-refractivity contribution in [1.82, 2.24) is 5.32 Å². The number of carbonyl (C=O) groups excluding carboxylic acids is 2. The van der Waals surface area contributed by atoms with Crippen molar-refractivity contribution in [3.05, 3.63) is 36.4 Å². The number of hydrogen-bond acceptors (Lipinski definition) is 4. The molecule has 98 valence electrons. The number of rotatable bonds is 3. The average Bonchev–Trinajstić information content (AvgIpc) is 2.37. The molecule has 2 aromatic carbocycles. The molecule has 0 saturated carbocycles. The fourth-order valence-electron chi connectivity index (χ4n) is 1.74. The fourth-order valence-corrected chi connectivity index (χ4v) is 1.74. The predicted octanol–water partition coefficient (Wildman–Crippen LogP) is 0.996. The van der Waals surface area contributed by atoms with E-state index in [1.807, 2.05) is 29.6 Å². The second kappa shape index (κ2) is 5.26. The van der Waals surface area contributed by atoms with Gasteiger partial charge in [-0.05, 0) is 12.1 Å². The number of imide groups is 1. The van der Waals surface area contributed by atoms with Crippen LogP contribution in [0, 0.1) is 0 Å². The van der Waals surface area contributed by atoms with Crippen LogP contribution < -0.4 is 21.5 Å². The molecule has 2 aromatic rings. The topological polar surface area (TPSA) is 107 Å². The Balaban J connectivity index is 2.20. The maximum Gasteiger partial charge on any atom is 0.318 e. The van der Waals surface area contributed by atoms with E-state index < -0.39 is 11.9 Å². The molecular weight excluding hydrogens is 246 g/mol. The van der Waals surface area contributed by atoms with E-state index in [2.05, 4.69) is 0 Å². The lowest BCUT2D eigenvalue weighted by Crippen LogP contribution is -2.38. The normalized spacial score (nSPS) is 10.1. The number of urea groups is 1. The van der Waals surface area contributed by atoms with Gasteiger partial charge in [0.25, 0.3) is 5.91 Å². The molecule has 19 heavy (non-hydrogen) atoms. The number of hydrogen-bond donors (Lipinski definition) is 3. The molecule has 0 atom stereocenters. The van der Waals surface area contributed by atoms with Gasteiger partial charge in [0, 0.05) is 16.5 Å². The van der Waals surface area contributed by atoms with Crippen LogP contribution in [0.4, 0.5) is 10.5 Å². The minimum Gasteiger partial charge on any atom is -0.483 e. The lowest BCUT2D eigenvalue weighted by molar-refractivity contribution is -0.121. The van der Waals surface area contributed by atoms with Gasteiger partial charge in [0.1, 0.15) is 5.75 Å². The van der Waals surface area contributed by atoms with Gasteiger partial charge in [0.2, 0.25) is 0 Å². The predicted molar refractivity (Wildman–Crippen MR) is 71.6 cm³/mol. The van der Waals surface area contributed by atoms with Crippen LogP contribution in [0.3, 0.4) is 0 Å². The van der Waals surface area contributed by atoms with Gasteiger partial charge in [0.05, 0.1) is 0 Å². The van der Waals surface area contributed by atoms with Crippen LogP contribution in [0.1, 0.15) is 0 Å². The zero-order chi connectivity index (χ0) is 13.8. The maximum atomic E-state index is 11.3. The lowest BCUT2D eigenvalue weighted by atomic mass is 10.1. The number of amides is 3. The Morgan fingerprint density at radius 3 is 2.47 bits per heavy atom. The number of anilines is 1. The lowest BCUT2D eigenvalue weighted by Gasteiger charge is -2.10. The molecule has 0 spiro atoms. The number of carbonyl (C=O) groups is 2. The van der Waals surface area contributed by atoms with Crippen molar-refractivity contribution in [3.8, 4) is 5.75 Å². The summed E-state index contributed by atoms with van der Waals surface area (Å²) < 4.78 is 5.36. The molecule has 0 heterocycles. The van der Waals surface area contributed by atoms with E-state index in [4.69, 9.17) is 16.2 Å². The van der Waals surface area contributed by atoms with Crippen molar-refractivity contribution < 1.29 is 14.3 Å². The van der Waals surface area contributed by atoms with E-state index in [1.54, 1.807) is 12.1 Å². The summed E-state index contributed by atoms with van der Waals surface area (Å²) in [6, 6.07) is 9.88. The van der Waals surface area contributed by atoms with Crippen LogP contribution in [-0.4, -0.2) is 18.5 Å². The SMILES string of the molecule is NC(=O)NC(=O)COc1ccc(N)c2ccccc12. The first kappa shape index (κ1) is 12.7. The summed E-state index contributed by atoms with van der Waals surface area (Å²) in [6.45, 7) is -0.295. The number of primary amides is 1. The molecule has 0 aliphatic carbocycles. The third-order valence-corrected chi connectivity index (χ3v) is 2.54. The van der Waals surface area contributed by atoms with Crippen LogP contribution in [-0.2, 0) is 4.79 Å². The van der Waals surface area contributed by atoms with E-state index in [0.29, 0.717) is 11.4 Å². The fraction of sp³-hybridized carbons (Fsp3) is 0.0769. The Morgan fingerprint density at radius 2 is 1.79 bits per heavy atom. The molecule has 5 N–H and O–H groups in total. The zero-order valence-electron chi connectivity index (χ0n) is 10.1. The first-order valence-electron chi connectivity index (χ1n) is 5.57. The molecule has 0 unspecified atom stereocenters. The summed E-state index contributed by atoms with van der Waals surface area (Å²) in [5, 5.41) is 3.57. The van der Waals surface area contributed by atoms with Gasteiger partial charge in [-0.2, -0.15) is 0 Å². The summed E-state index contributed by atoms with van der Waals surface area (Å²) in [5.41, 5.74) is 11.3. The van der Waals surface area contributed by atoms with E-state index in [0.717, 1.165) is 10.8 Å². The Hall–Kier alpha value is -2.76. The minimum absolute atomic E-state index is 0.295. The van der Waals surface area contributed by atoms with Gasteiger partial charge in [-0.1, -0.05) is 24.3 Å². The van der Waals surface area contributed by atoms with E-state index in [1.165, 1.54) is 0 Å². The van der Waals surface area contributed by atoms with E-state index in [-0.39, 0.29) is 6.61 Å². The van der Waals surface area contributed by atoms with Crippen LogP contribution in [0.25, 0.3) is 10.8 Å². The summed E-state index contributed by atoms with van der Waals surface area (Å²) in [4.78, 5) is 21.8. The second-order valence-electron chi connectivity index (χ2n) is 3.90. The van der Waals surface area contributed by atoms with Gasteiger partial charge in [0.15, 0.2) is 6.61 Å². The highest BCUT2D eigenvalue weighted by molar-refractivity contribution is 5.97. The molecule has 0 radical (unpaired) electrons. The van der Waals surface area contributed by atoms with Crippen molar-refractivity contribution in [2.75, 3.05) is 12.3 Å². The second-order valence-corrected chi connectivity index (χ2v) is 3.90. The Bertz CT molecular complexity index is 640. The van der Waals surface area contributed by atoms with Gasteiger partial charge >= 0.3 is 6.03 Å². The van der Waals surface area contributed by atoms with Crippen LogP contribution in [0.15, 0.2) is 36.4 Å². The Kier molecular flexibility index (Phi) is 3.51. The number of nitrogen functional groups attached to an aromatic ring is 1. The third kappa shape index (κ3) is 2.92. The summed E-state index contributed by atoms with van der Waals surface area (Å²) in [6.07, 6.45) is 0. The third-order valence-electron chi connectivity index (χ3n) is 2.54. The molecule has 2 rings (SSSR count). The Labute approximate surface area is 109 Å². The molecule has 0 aliphatic heterocycles. The Morgan fingerprint density at radius 1 is 1.11 bits per heavy atom. The van der Waals surface area contributed by atoms with Crippen LogP contribution >= 0.6 is 0 Å². The van der Waals surface area contributed by atoms with Crippen molar-refractivity contribution in [3.63, 3.8) is 0 Å². The smallest absolute Gasteiger partial charge is 0.318 e. The molecule has 0 saturated heterocycles. The molecule has 6 nitrogen and oxygen atoms in total. The minimum atomic E-state index is -0.907. The first-order valence-corrected chi connectivity index (χ1v) is 5.57. The number of fused-ring (bicyclic) bond motifs is 1. The molecule has 6 heteroatoms. The van der Waals surface area contributed by atoms with Gasteiger partial charge in [-0.15, -0.1) is 0 Å². The quantitative estimate of drug-likeness (QED) is 0.714. The number of benzene rings is 2. The standard InChI is InChI=1S/C13H13N3O3/c14-10-5-6-11(9-4-2-1-3-8(9)10)19-7-12(17)16-13(15)18/h1-6H,7,14H2,(H3,15,16,17,18). The van der Waals surface area contributed by atoms with Crippen LogP contribution in [0.5, 0.6) is 5.75 Å². The summed E-state index contributed by atoms with van der Waals surface area (Å²) in [7, 11) is 0. The van der Waals surface area contributed by atoms with Crippen molar-refractivity contribution >= 4 is 28.4 Å². The monoisotopic (exact) mass is 259 g/mol. The van der Waals surface area contributed by atoms with E-state index in [9.17, 15) is 9.59 Å².